The highest BCUT2D eigenvalue weighted by Gasteiger charge is 2.25. The minimum absolute atomic E-state index is 0.220. The average Bonchev–Trinajstić information content (AvgIpc) is 2.16. The number of alkyl halides is 3. The predicted molar refractivity (Wildman–Crippen MR) is 46.5 cm³/mol. The molecule has 0 aliphatic rings. The van der Waals surface area contributed by atoms with Gasteiger partial charge in [0.25, 0.3) is 11.7 Å². The summed E-state index contributed by atoms with van der Waals surface area (Å²) in [6, 6.07) is 5.12. The molecule has 0 radical (unpaired) electrons. The minimum Gasteiger partial charge on any atom is -0.276 e. The molecule has 0 N–H and O–H groups in total. The molecule has 0 aliphatic heterocycles. The van der Waals surface area contributed by atoms with E-state index < -0.39 is 17.8 Å². The first-order valence-corrected chi connectivity index (χ1v) is 4.13. The van der Waals surface area contributed by atoms with Crippen molar-refractivity contribution in [1.29, 1.82) is 0 Å². The van der Waals surface area contributed by atoms with E-state index in [0.717, 1.165) is 6.07 Å². The van der Waals surface area contributed by atoms with Crippen molar-refractivity contribution < 1.29 is 18.0 Å². The summed E-state index contributed by atoms with van der Waals surface area (Å²) in [6.07, 6.45) is -5.64. The molecule has 0 spiro atoms. The molecule has 1 unspecified atom stereocenters. The number of carbonyl (C=O) groups excluding carboxylic acids is 1. The van der Waals surface area contributed by atoms with E-state index in [1.807, 2.05) is 0 Å². The molecule has 1 atom stereocenters. The molecule has 5 heteroatoms. The van der Waals surface area contributed by atoms with E-state index in [0.29, 0.717) is 0 Å². The highest BCUT2D eigenvalue weighted by molar-refractivity contribution is 6.67. The van der Waals surface area contributed by atoms with E-state index in [1.165, 1.54) is 18.2 Å². The Kier molecular flexibility index (Phi) is 3.52. The Morgan fingerprint density at radius 3 is 2.29 bits per heavy atom. The number of hydrogen-bond acceptors (Lipinski definition) is 1. The van der Waals surface area contributed by atoms with Gasteiger partial charge in [0.05, 0.1) is 0 Å². The maximum atomic E-state index is 12.9. The molecule has 0 saturated carbocycles. The monoisotopic (exact) mass is 222 g/mol. The molecule has 1 nitrogen and oxygen atoms in total. The highest BCUT2D eigenvalue weighted by atomic mass is 35.5. The van der Waals surface area contributed by atoms with Crippen LogP contribution in [0.25, 0.3) is 0 Å². The number of rotatable bonds is 3. The van der Waals surface area contributed by atoms with Crippen LogP contribution in [0.1, 0.15) is 22.1 Å². The second kappa shape index (κ2) is 4.46. The third-order valence-corrected chi connectivity index (χ3v) is 1.89. The standard InChI is InChI=1S/C9H6ClF3O/c10-8(14)6-4-2-1-3-5(6)7(11)9(12)13/h1-4,7,9H. The van der Waals surface area contributed by atoms with E-state index in [2.05, 4.69) is 0 Å². The smallest absolute Gasteiger partial charge is 0.273 e. The van der Waals surface area contributed by atoms with Gasteiger partial charge >= 0.3 is 0 Å². The summed E-state index contributed by atoms with van der Waals surface area (Å²) in [5, 5.41) is -0.941. The van der Waals surface area contributed by atoms with Crippen LogP contribution in [0.3, 0.4) is 0 Å². The second-order valence-corrected chi connectivity index (χ2v) is 2.94. The topological polar surface area (TPSA) is 17.1 Å². The molecule has 1 aromatic carbocycles. The van der Waals surface area contributed by atoms with Crippen LogP contribution in [-0.4, -0.2) is 11.7 Å². The summed E-state index contributed by atoms with van der Waals surface area (Å²) >= 11 is 5.11. The van der Waals surface area contributed by atoms with Gasteiger partial charge in [0.2, 0.25) is 0 Å². The first kappa shape index (κ1) is 11.0. The van der Waals surface area contributed by atoms with Gasteiger partial charge in [-0.15, -0.1) is 0 Å². The quantitative estimate of drug-likeness (QED) is 0.717. The summed E-state index contributed by atoms with van der Waals surface area (Å²) in [5.41, 5.74) is -0.593. The molecule has 0 aromatic heterocycles. The molecule has 76 valence electrons. The number of hydrogen-bond donors (Lipinski definition) is 0. The highest BCUT2D eigenvalue weighted by Crippen LogP contribution is 2.28. The minimum atomic E-state index is -3.16. The van der Waals surface area contributed by atoms with Gasteiger partial charge in [0, 0.05) is 11.1 Å². The molecule has 1 rings (SSSR count). The van der Waals surface area contributed by atoms with E-state index >= 15 is 0 Å². The largest absolute Gasteiger partial charge is 0.276 e. The van der Waals surface area contributed by atoms with Crippen molar-refractivity contribution in [3.05, 3.63) is 35.4 Å². The number of benzene rings is 1. The predicted octanol–water partition coefficient (Wildman–Crippen LogP) is 3.34. The van der Waals surface area contributed by atoms with Crippen LogP contribution >= 0.6 is 11.6 Å². The zero-order chi connectivity index (χ0) is 10.7. The normalized spacial score (nSPS) is 12.9. The van der Waals surface area contributed by atoms with Crippen LogP contribution in [0.2, 0.25) is 0 Å². The van der Waals surface area contributed by atoms with Crippen LogP contribution in [0.4, 0.5) is 13.2 Å². The van der Waals surface area contributed by atoms with Crippen molar-refractivity contribution in [2.24, 2.45) is 0 Å². The summed E-state index contributed by atoms with van der Waals surface area (Å²) < 4.78 is 37.0. The maximum Gasteiger partial charge on any atom is 0.273 e. The van der Waals surface area contributed by atoms with E-state index in [4.69, 9.17) is 11.6 Å². The van der Waals surface area contributed by atoms with Crippen LogP contribution < -0.4 is 0 Å². The summed E-state index contributed by atoms with van der Waals surface area (Å²) in [7, 11) is 0. The fraction of sp³-hybridized carbons (Fsp3) is 0.222. The SMILES string of the molecule is O=C(Cl)c1ccccc1C(F)C(F)F. The van der Waals surface area contributed by atoms with Crippen LogP contribution in [0.5, 0.6) is 0 Å². The molecule has 0 fully saturated rings. The van der Waals surface area contributed by atoms with Gasteiger partial charge < -0.3 is 0 Å². The van der Waals surface area contributed by atoms with Gasteiger partial charge in [-0.3, -0.25) is 4.79 Å². The molecular formula is C9H6ClF3O. The van der Waals surface area contributed by atoms with Crippen molar-refractivity contribution >= 4 is 16.8 Å². The lowest BCUT2D eigenvalue weighted by atomic mass is 10.0. The number of halogens is 4. The van der Waals surface area contributed by atoms with Crippen LogP contribution in [0.15, 0.2) is 24.3 Å². The lowest BCUT2D eigenvalue weighted by molar-refractivity contribution is 0.0491. The fourth-order valence-corrected chi connectivity index (χ4v) is 1.22. The Labute approximate surface area is 83.5 Å². The molecule has 0 aliphatic carbocycles. The summed E-state index contributed by atoms with van der Waals surface area (Å²) in [4.78, 5) is 10.7. The van der Waals surface area contributed by atoms with Gasteiger partial charge in [-0.1, -0.05) is 18.2 Å². The van der Waals surface area contributed by atoms with Gasteiger partial charge in [0.15, 0.2) is 6.17 Å². The third-order valence-electron chi connectivity index (χ3n) is 1.69. The Bertz CT molecular complexity index is 341. The van der Waals surface area contributed by atoms with Crippen molar-refractivity contribution in [3.8, 4) is 0 Å². The molecule has 0 heterocycles. The first-order valence-electron chi connectivity index (χ1n) is 3.75. The van der Waals surface area contributed by atoms with Gasteiger partial charge in [-0.05, 0) is 17.7 Å². The van der Waals surface area contributed by atoms with E-state index in [-0.39, 0.29) is 11.1 Å². The van der Waals surface area contributed by atoms with Crippen molar-refractivity contribution in [1.82, 2.24) is 0 Å². The first-order chi connectivity index (χ1) is 6.54. The molecule has 0 saturated heterocycles. The van der Waals surface area contributed by atoms with Gasteiger partial charge in [-0.2, -0.15) is 0 Å². The second-order valence-electron chi connectivity index (χ2n) is 2.60. The van der Waals surface area contributed by atoms with Crippen molar-refractivity contribution in [2.45, 2.75) is 12.6 Å². The lowest BCUT2D eigenvalue weighted by Gasteiger charge is -2.09. The Morgan fingerprint density at radius 1 is 1.21 bits per heavy atom. The molecular weight excluding hydrogens is 217 g/mol. The van der Waals surface area contributed by atoms with Crippen LogP contribution in [-0.2, 0) is 0 Å². The van der Waals surface area contributed by atoms with Gasteiger partial charge in [0.1, 0.15) is 0 Å². The van der Waals surface area contributed by atoms with Crippen molar-refractivity contribution in [2.75, 3.05) is 0 Å². The number of carbonyl (C=O) groups is 1. The molecule has 0 bridgehead atoms. The van der Waals surface area contributed by atoms with E-state index in [9.17, 15) is 18.0 Å². The van der Waals surface area contributed by atoms with E-state index in [1.54, 1.807) is 0 Å². The summed E-state index contributed by atoms with van der Waals surface area (Å²) in [6.45, 7) is 0. The van der Waals surface area contributed by atoms with Crippen LogP contribution in [0, 0.1) is 0 Å². The zero-order valence-corrected chi connectivity index (χ0v) is 7.64. The maximum absolute atomic E-state index is 12.9. The Morgan fingerprint density at radius 2 is 1.79 bits per heavy atom. The van der Waals surface area contributed by atoms with Gasteiger partial charge in [-0.25, -0.2) is 13.2 Å². The Balaban J connectivity index is 3.13. The summed E-state index contributed by atoms with van der Waals surface area (Å²) in [5.74, 6) is 0. The molecule has 0 amide bonds. The lowest BCUT2D eigenvalue weighted by Crippen LogP contribution is -2.07. The molecule has 1 aromatic rings. The average molecular weight is 223 g/mol. The van der Waals surface area contributed by atoms with Crippen molar-refractivity contribution in [3.63, 3.8) is 0 Å². The fourth-order valence-electron chi connectivity index (χ4n) is 1.05. The zero-order valence-electron chi connectivity index (χ0n) is 6.88. The third kappa shape index (κ3) is 2.26. The molecule has 14 heavy (non-hydrogen) atoms. The Hall–Kier alpha value is -1.03.